The SMILES string of the molecule is O=C(COC1OC(CO)C(O)C(O)C1O)N1CCN(S(=O)[O-])CC1. The molecule has 2 rings (SSSR count). The molecule has 6 unspecified atom stereocenters. The average molecular weight is 369 g/mol. The molecule has 0 aromatic carbocycles. The molecule has 1 amide bonds. The predicted octanol–water partition coefficient (Wildman–Crippen LogP) is -4.26. The molecule has 2 fully saturated rings. The van der Waals surface area contributed by atoms with Gasteiger partial charge in [0.05, 0.1) is 6.61 Å². The van der Waals surface area contributed by atoms with E-state index in [1.807, 2.05) is 0 Å². The lowest BCUT2D eigenvalue weighted by atomic mass is 9.99. The monoisotopic (exact) mass is 369 g/mol. The van der Waals surface area contributed by atoms with Crippen molar-refractivity contribution >= 4 is 17.2 Å². The Kier molecular flexibility index (Phi) is 7.03. The molecule has 0 aromatic rings. The summed E-state index contributed by atoms with van der Waals surface area (Å²) in [7, 11) is 0. The quantitative estimate of drug-likeness (QED) is 0.351. The molecule has 2 saturated heterocycles. The third-order valence-corrected chi connectivity index (χ3v) is 4.81. The predicted molar refractivity (Wildman–Crippen MR) is 76.8 cm³/mol. The number of ether oxygens (including phenoxy) is 2. The van der Waals surface area contributed by atoms with Crippen LogP contribution in [0.5, 0.6) is 0 Å². The molecule has 24 heavy (non-hydrogen) atoms. The number of hydrogen-bond donors (Lipinski definition) is 4. The van der Waals surface area contributed by atoms with E-state index in [1.54, 1.807) is 0 Å². The Labute approximate surface area is 140 Å². The van der Waals surface area contributed by atoms with Gasteiger partial charge in [-0.2, -0.15) is 0 Å². The number of amides is 1. The van der Waals surface area contributed by atoms with Crippen LogP contribution in [0.2, 0.25) is 0 Å². The number of piperazine rings is 1. The first-order valence-electron chi connectivity index (χ1n) is 7.39. The van der Waals surface area contributed by atoms with Gasteiger partial charge in [-0.25, -0.2) is 4.31 Å². The second-order valence-corrected chi connectivity index (χ2v) is 6.49. The van der Waals surface area contributed by atoms with Crippen molar-refractivity contribution in [2.24, 2.45) is 0 Å². The van der Waals surface area contributed by atoms with Crippen molar-refractivity contribution in [3.8, 4) is 0 Å². The first-order valence-corrected chi connectivity index (χ1v) is 8.42. The van der Waals surface area contributed by atoms with Crippen molar-refractivity contribution in [3.05, 3.63) is 0 Å². The molecule has 0 saturated carbocycles. The van der Waals surface area contributed by atoms with E-state index in [1.165, 1.54) is 9.21 Å². The fourth-order valence-electron chi connectivity index (χ4n) is 2.54. The fraction of sp³-hybridized carbons (Fsp3) is 0.917. The molecule has 4 N–H and O–H groups in total. The molecule has 0 spiro atoms. The first kappa shape index (κ1) is 19.6. The van der Waals surface area contributed by atoms with Gasteiger partial charge in [-0.15, -0.1) is 0 Å². The van der Waals surface area contributed by atoms with Crippen LogP contribution in [0.15, 0.2) is 0 Å². The van der Waals surface area contributed by atoms with Gasteiger partial charge in [0.1, 0.15) is 31.0 Å². The molecule has 12 heteroatoms. The Morgan fingerprint density at radius 2 is 1.79 bits per heavy atom. The highest BCUT2D eigenvalue weighted by atomic mass is 32.2. The molecule has 140 valence electrons. The molecular formula is C12H21N2O9S-. The van der Waals surface area contributed by atoms with Crippen LogP contribution in [0, 0.1) is 0 Å². The lowest BCUT2D eigenvalue weighted by Gasteiger charge is -2.40. The van der Waals surface area contributed by atoms with Gasteiger partial charge in [0.25, 0.3) is 0 Å². The number of nitrogens with zero attached hydrogens (tertiary/aromatic N) is 2. The van der Waals surface area contributed by atoms with Crippen LogP contribution in [0.25, 0.3) is 0 Å². The minimum absolute atomic E-state index is 0.182. The summed E-state index contributed by atoms with van der Waals surface area (Å²) >= 11 is -2.32. The highest BCUT2D eigenvalue weighted by Crippen LogP contribution is 2.22. The van der Waals surface area contributed by atoms with Crippen LogP contribution in [-0.4, -0.2) is 114 Å². The third kappa shape index (κ3) is 4.47. The summed E-state index contributed by atoms with van der Waals surface area (Å²) < 4.78 is 33.1. The highest BCUT2D eigenvalue weighted by molar-refractivity contribution is 7.76. The fourth-order valence-corrected chi connectivity index (χ4v) is 3.00. The van der Waals surface area contributed by atoms with E-state index >= 15 is 0 Å². The van der Waals surface area contributed by atoms with Gasteiger partial charge in [0, 0.05) is 37.4 Å². The van der Waals surface area contributed by atoms with Gasteiger partial charge in [0.2, 0.25) is 5.91 Å². The largest absolute Gasteiger partial charge is 0.760 e. The Balaban J connectivity index is 1.82. The minimum Gasteiger partial charge on any atom is -0.760 e. The zero-order valence-electron chi connectivity index (χ0n) is 12.8. The van der Waals surface area contributed by atoms with Gasteiger partial charge in [-0.1, -0.05) is 0 Å². The third-order valence-electron chi connectivity index (χ3n) is 4.02. The zero-order valence-corrected chi connectivity index (χ0v) is 13.6. The molecule has 2 aliphatic heterocycles. The molecule has 0 aromatic heterocycles. The van der Waals surface area contributed by atoms with Crippen LogP contribution in [0.1, 0.15) is 0 Å². The number of carbonyl (C=O) groups excluding carboxylic acids is 1. The Hall–Kier alpha value is -0.700. The van der Waals surface area contributed by atoms with E-state index in [4.69, 9.17) is 14.6 Å². The topological polar surface area (TPSA) is 163 Å². The van der Waals surface area contributed by atoms with Crippen LogP contribution in [0.3, 0.4) is 0 Å². The van der Waals surface area contributed by atoms with Crippen molar-refractivity contribution in [2.45, 2.75) is 30.7 Å². The number of rotatable bonds is 5. The molecule has 0 bridgehead atoms. The molecule has 2 aliphatic rings. The molecule has 0 aliphatic carbocycles. The Bertz CT molecular complexity index is 458. The lowest BCUT2D eigenvalue weighted by molar-refractivity contribution is -0.299. The molecular weight excluding hydrogens is 348 g/mol. The highest BCUT2D eigenvalue weighted by Gasteiger charge is 2.44. The second kappa shape index (κ2) is 8.60. The number of aliphatic hydroxyl groups is 4. The Morgan fingerprint density at radius 3 is 2.33 bits per heavy atom. The molecule has 6 atom stereocenters. The normalized spacial score (nSPS) is 36.5. The van der Waals surface area contributed by atoms with Crippen molar-refractivity contribution in [1.82, 2.24) is 9.21 Å². The summed E-state index contributed by atoms with van der Waals surface area (Å²) in [6, 6.07) is 0. The maximum Gasteiger partial charge on any atom is 0.248 e. The summed E-state index contributed by atoms with van der Waals surface area (Å²) in [6.45, 7) is -0.254. The average Bonchev–Trinajstić information content (AvgIpc) is 2.59. The van der Waals surface area contributed by atoms with E-state index in [0.29, 0.717) is 0 Å². The van der Waals surface area contributed by atoms with Crippen LogP contribution in [-0.2, 0) is 25.5 Å². The summed E-state index contributed by atoms with van der Waals surface area (Å²) in [4.78, 5) is 13.5. The van der Waals surface area contributed by atoms with Crippen molar-refractivity contribution < 1.29 is 43.5 Å². The smallest absolute Gasteiger partial charge is 0.248 e. The summed E-state index contributed by atoms with van der Waals surface area (Å²) in [5, 5.41) is 38.1. The number of hydrogen-bond acceptors (Lipinski definition) is 9. The van der Waals surface area contributed by atoms with Gasteiger partial charge < -0.3 is 39.4 Å². The van der Waals surface area contributed by atoms with Gasteiger partial charge in [0.15, 0.2) is 6.29 Å². The standard InChI is InChI=1S/C12H22N2O9S/c15-5-7-9(17)10(18)11(19)12(23-7)22-6-8(16)13-1-3-14(4-2-13)24(20)21/h7,9-12,15,17-19H,1-6H2,(H,20,21)/p-1. The van der Waals surface area contributed by atoms with E-state index < -0.39 is 61.1 Å². The molecule has 2 heterocycles. The van der Waals surface area contributed by atoms with Gasteiger partial charge in [-0.3, -0.25) is 9.00 Å². The van der Waals surface area contributed by atoms with Crippen molar-refractivity contribution in [1.29, 1.82) is 0 Å². The van der Waals surface area contributed by atoms with E-state index in [2.05, 4.69) is 0 Å². The van der Waals surface area contributed by atoms with Crippen LogP contribution >= 0.6 is 0 Å². The summed E-state index contributed by atoms with van der Waals surface area (Å²) in [6.07, 6.45) is -7.14. The van der Waals surface area contributed by atoms with Gasteiger partial charge in [-0.05, 0) is 0 Å². The summed E-state index contributed by atoms with van der Waals surface area (Å²) in [5.41, 5.74) is 0. The van der Waals surface area contributed by atoms with Crippen molar-refractivity contribution in [2.75, 3.05) is 39.4 Å². The molecule has 11 nitrogen and oxygen atoms in total. The Morgan fingerprint density at radius 1 is 1.17 bits per heavy atom. The maximum absolute atomic E-state index is 12.1. The minimum atomic E-state index is -2.32. The lowest BCUT2D eigenvalue weighted by Crippen LogP contribution is -2.59. The second-order valence-electron chi connectivity index (χ2n) is 5.54. The zero-order chi connectivity index (χ0) is 17.9. The van der Waals surface area contributed by atoms with Gasteiger partial charge >= 0.3 is 0 Å². The molecule has 0 radical (unpaired) electrons. The van der Waals surface area contributed by atoms with E-state index in [0.717, 1.165) is 0 Å². The van der Waals surface area contributed by atoms with Crippen LogP contribution in [0.4, 0.5) is 0 Å². The summed E-state index contributed by atoms with van der Waals surface area (Å²) in [5.74, 6) is -0.428. The van der Waals surface area contributed by atoms with E-state index in [-0.39, 0.29) is 26.2 Å². The van der Waals surface area contributed by atoms with Crippen LogP contribution < -0.4 is 0 Å². The first-order chi connectivity index (χ1) is 11.3. The van der Waals surface area contributed by atoms with E-state index in [9.17, 15) is 28.9 Å². The number of aliphatic hydroxyl groups excluding tert-OH is 4. The number of carbonyl (C=O) groups is 1. The maximum atomic E-state index is 12.1. The van der Waals surface area contributed by atoms with Crippen molar-refractivity contribution in [3.63, 3.8) is 0 Å².